The van der Waals surface area contributed by atoms with E-state index in [9.17, 15) is 26.7 Å². The maximum absolute atomic E-state index is 15.2. The molecule has 2 heterocycles. The van der Waals surface area contributed by atoms with Crippen LogP contribution in [0.15, 0.2) is 29.2 Å². The number of benzene rings is 2. The van der Waals surface area contributed by atoms with Crippen LogP contribution in [0.5, 0.6) is 0 Å². The molecular formula is C21H20F4N4O3S. The van der Waals surface area contributed by atoms with E-state index in [2.05, 4.69) is 10.4 Å². The van der Waals surface area contributed by atoms with Gasteiger partial charge in [0.1, 0.15) is 5.52 Å². The highest BCUT2D eigenvalue weighted by molar-refractivity contribution is 7.89. The van der Waals surface area contributed by atoms with Crippen molar-refractivity contribution in [1.29, 1.82) is 0 Å². The van der Waals surface area contributed by atoms with E-state index < -0.39 is 39.4 Å². The number of piperidine rings is 1. The molecule has 12 heteroatoms. The van der Waals surface area contributed by atoms with E-state index in [1.54, 1.807) is 0 Å². The van der Waals surface area contributed by atoms with Crippen LogP contribution in [0.4, 0.5) is 29.1 Å². The van der Waals surface area contributed by atoms with Gasteiger partial charge in [0.05, 0.1) is 17.0 Å². The molecule has 2 aliphatic rings. The van der Waals surface area contributed by atoms with E-state index in [0.29, 0.717) is 0 Å². The third-order valence-corrected chi connectivity index (χ3v) is 7.81. The van der Waals surface area contributed by atoms with Gasteiger partial charge in [-0.15, -0.1) is 0 Å². The van der Waals surface area contributed by atoms with E-state index in [1.165, 1.54) is 15.1 Å². The van der Waals surface area contributed by atoms with E-state index >= 15 is 4.39 Å². The van der Waals surface area contributed by atoms with Crippen LogP contribution in [0.3, 0.4) is 0 Å². The zero-order chi connectivity index (χ0) is 23.5. The highest BCUT2D eigenvalue weighted by atomic mass is 32.2. The van der Waals surface area contributed by atoms with Gasteiger partial charge < -0.3 is 10.4 Å². The van der Waals surface area contributed by atoms with Gasteiger partial charge in [0, 0.05) is 36.3 Å². The van der Waals surface area contributed by atoms with Gasteiger partial charge in [0.25, 0.3) is 0 Å². The first-order valence-electron chi connectivity index (χ1n) is 10.5. The maximum atomic E-state index is 15.2. The molecule has 1 aromatic heterocycles. The second kappa shape index (κ2) is 7.96. The van der Waals surface area contributed by atoms with Crippen molar-refractivity contribution in [1.82, 2.24) is 14.1 Å². The lowest BCUT2D eigenvalue weighted by Gasteiger charge is -2.28. The third kappa shape index (κ3) is 3.96. The molecular weight excluding hydrogens is 464 g/mol. The summed E-state index contributed by atoms with van der Waals surface area (Å²) in [5.41, 5.74) is -0.0940. The van der Waals surface area contributed by atoms with Gasteiger partial charge in [0.2, 0.25) is 10.0 Å². The molecule has 0 amide bonds. The standard InChI is InChI=1S/C21H20F4N4O3S/c22-16-7-11(8-17(23)19(16)25)26-21-15-9-14(33(31,32)28-5-3-13(30)4-6-28)10-18(24)20(15)29(27-21)12-1-2-12/h7-10,12-13,30H,1-6H2,(H,26,27). The number of aliphatic hydroxyl groups is 1. The second-order valence-corrected chi connectivity index (χ2v) is 10.3. The zero-order valence-corrected chi connectivity index (χ0v) is 18.0. The quantitative estimate of drug-likeness (QED) is 0.425. The summed E-state index contributed by atoms with van der Waals surface area (Å²) in [6.45, 7) is 0.202. The fourth-order valence-electron chi connectivity index (χ4n) is 4.02. The van der Waals surface area contributed by atoms with Crippen LogP contribution < -0.4 is 5.32 Å². The lowest BCUT2D eigenvalue weighted by atomic mass is 10.1. The summed E-state index contributed by atoms with van der Waals surface area (Å²) < 4.78 is 84.7. The summed E-state index contributed by atoms with van der Waals surface area (Å²) in [4.78, 5) is -0.293. The van der Waals surface area contributed by atoms with Crippen LogP contribution in [0.1, 0.15) is 31.7 Å². The molecule has 0 unspecified atom stereocenters. The number of fused-ring (bicyclic) bond motifs is 1. The molecule has 5 rings (SSSR count). The Morgan fingerprint density at radius 2 is 1.58 bits per heavy atom. The first-order valence-corrected chi connectivity index (χ1v) is 11.9. The molecule has 0 atom stereocenters. The minimum absolute atomic E-state index is 0.00711. The fraction of sp³-hybridized carbons (Fsp3) is 0.381. The number of anilines is 2. The molecule has 3 aromatic rings. The van der Waals surface area contributed by atoms with E-state index in [-0.39, 0.29) is 59.3 Å². The molecule has 0 radical (unpaired) electrons. The minimum Gasteiger partial charge on any atom is -0.393 e. The first-order chi connectivity index (χ1) is 15.6. The van der Waals surface area contributed by atoms with Crippen LogP contribution in [0, 0.1) is 23.3 Å². The predicted molar refractivity (Wildman–Crippen MR) is 112 cm³/mol. The van der Waals surface area contributed by atoms with E-state index in [4.69, 9.17) is 0 Å². The van der Waals surface area contributed by atoms with Crippen molar-refractivity contribution in [2.45, 2.75) is 42.7 Å². The van der Waals surface area contributed by atoms with Crippen molar-refractivity contribution < 1.29 is 31.1 Å². The van der Waals surface area contributed by atoms with Gasteiger partial charge in [-0.1, -0.05) is 0 Å². The lowest BCUT2D eigenvalue weighted by molar-refractivity contribution is 0.113. The van der Waals surface area contributed by atoms with Crippen LogP contribution >= 0.6 is 0 Å². The third-order valence-electron chi connectivity index (χ3n) is 5.93. The molecule has 33 heavy (non-hydrogen) atoms. The zero-order valence-electron chi connectivity index (χ0n) is 17.2. The summed E-state index contributed by atoms with van der Waals surface area (Å²) in [6, 6.07) is 3.59. The van der Waals surface area contributed by atoms with Crippen LogP contribution in [0.25, 0.3) is 10.9 Å². The van der Waals surface area contributed by atoms with Gasteiger partial charge in [-0.05, 0) is 37.8 Å². The number of aliphatic hydroxyl groups excluding tert-OH is 1. The Kier molecular flexibility index (Phi) is 5.33. The number of halogens is 4. The normalized spacial score (nSPS) is 18.2. The molecule has 0 bridgehead atoms. The molecule has 2 N–H and O–H groups in total. The monoisotopic (exact) mass is 484 g/mol. The second-order valence-electron chi connectivity index (χ2n) is 8.34. The minimum atomic E-state index is -4.06. The smallest absolute Gasteiger partial charge is 0.243 e. The van der Waals surface area contributed by atoms with Gasteiger partial charge in [0.15, 0.2) is 29.1 Å². The molecule has 2 aromatic carbocycles. The number of nitrogens with zero attached hydrogens (tertiary/aromatic N) is 3. The van der Waals surface area contributed by atoms with Crippen molar-refractivity contribution in [3.63, 3.8) is 0 Å². The number of aromatic nitrogens is 2. The Morgan fingerprint density at radius 1 is 0.939 bits per heavy atom. The summed E-state index contributed by atoms with van der Waals surface area (Å²) in [7, 11) is -4.06. The SMILES string of the molecule is O=S(=O)(c1cc(F)c2c(c1)c(Nc1cc(F)c(F)c(F)c1)nn2C1CC1)N1CCC(O)CC1. The first kappa shape index (κ1) is 22.1. The highest BCUT2D eigenvalue weighted by Gasteiger charge is 2.33. The molecule has 1 saturated carbocycles. The summed E-state index contributed by atoms with van der Waals surface area (Å²) in [5, 5.41) is 16.8. The average Bonchev–Trinajstić information content (AvgIpc) is 3.55. The number of rotatable bonds is 5. The number of hydrogen-bond donors (Lipinski definition) is 2. The Labute approximate surface area is 186 Å². The Hall–Kier alpha value is -2.70. The number of sulfonamides is 1. The van der Waals surface area contributed by atoms with Crippen molar-refractivity contribution >= 4 is 32.4 Å². The average molecular weight is 484 g/mol. The van der Waals surface area contributed by atoms with Gasteiger partial charge in [-0.3, -0.25) is 4.68 Å². The number of nitrogens with one attached hydrogen (secondary N) is 1. The van der Waals surface area contributed by atoms with Crippen molar-refractivity contribution in [2.24, 2.45) is 0 Å². The molecule has 2 fully saturated rings. The molecule has 1 aliphatic heterocycles. The highest BCUT2D eigenvalue weighted by Crippen LogP contribution is 2.41. The summed E-state index contributed by atoms with van der Waals surface area (Å²) >= 11 is 0. The van der Waals surface area contributed by atoms with Crippen LogP contribution in [-0.4, -0.2) is 46.8 Å². The van der Waals surface area contributed by atoms with Gasteiger partial charge in [-0.25, -0.2) is 26.0 Å². The number of hydrogen-bond acceptors (Lipinski definition) is 5. The van der Waals surface area contributed by atoms with Crippen molar-refractivity contribution in [3.8, 4) is 0 Å². The van der Waals surface area contributed by atoms with Gasteiger partial charge in [-0.2, -0.15) is 9.40 Å². The topological polar surface area (TPSA) is 87.5 Å². The predicted octanol–water partition coefficient (Wildman–Crippen LogP) is 3.82. The van der Waals surface area contributed by atoms with Crippen LogP contribution in [-0.2, 0) is 10.0 Å². The molecule has 1 saturated heterocycles. The summed E-state index contributed by atoms with van der Waals surface area (Å²) in [5.74, 6) is -5.25. The molecule has 1 aliphatic carbocycles. The summed E-state index contributed by atoms with van der Waals surface area (Å²) in [6.07, 6.45) is 1.48. The molecule has 0 spiro atoms. The van der Waals surface area contributed by atoms with Gasteiger partial charge >= 0.3 is 0 Å². The van der Waals surface area contributed by atoms with Crippen molar-refractivity contribution in [3.05, 3.63) is 47.5 Å². The van der Waals surface area contributed by atoms with E-state index in [0.717, 1.165) is 31.0 Å². The van der Waals surface area contributed by atoms with Crippen molar-refractivity contribution in [2.75, 3.05) is 18.4 Å². The Morgan fingerprint density at radius 3 is 2.18 bits per heavy atom. The maximum Gasteiger partial charge on any atom is 0.243 e. The van der Waals surface area contributed by atoms with E-state index in [1.807, 2.05) is 0 Å². The molecule has 7 nitrogen and oxygen atoms in total. The lowest BCUT2D eigenvalue weighted by Crippen LogP contribution is -2.40. The Bertz CT molecular complexity index is 1330. The van der Waals surface area contributed by atoms with Crippen LogP contribution in [0.2, 0.25) is 0 Å². The Balaban J connectivity index is 1.60. The largest absolute Gasteiger partial charge is 0.393 e. The molecule has 176 valence electrons. The fourth-order valence-corrected chi connectivity index (χ4v) is 5.53.